The predicted molar refractivity (Wildman–Crippen MR) is 91.7 cm³/mol. The van der Waals surface area contributed by atoms with Crippen LogP contribution in [-0.2, 0) is 9.47 Å². The fourth-order valence-electron chi connectivity index (χ4n) is 3.57. The average molecular weight is 352 g/mol. The zero-order valence-electron chi connectivity index (χ0n) is 14.7. The number of halogens is 2. The Morgan fingerprint density at radius 2 is 1.84 bits per heavy atom. The number of ether oxygens (including phenoxy) is 3. The van der Waals surface area contributed by atoms with Gasteiger partial charge in [-0.25, -0.2) is 4.39 Å². The lowest BCUT2D eigenvalue weighted by Gasteiger charge is -2.26. The molecule has 1 aromatic rings. The molecule has 0 radical (unpaired) electrons. The highest BCUT2D eigenvalue weighted by atomic mass is 19.2. The van der Waals surface area contributed by atoms with Crippen LogP contribution in [0.4, 0.5) is 8.78 Å². The Morgan fingerprint density at radius 3 is 2.52 bits per heavy atom. The third-order valence-corrected chi connectivity index (χ3v) is 4.94. The first kappa shape index (κ1) is 18.3. The summed E-state index contributed by atoms with van der Waals surface area (Å²) in [6, 6.07) is 3.22. The van der Waals surface area contributed by atoms with Crippen LogP contribution in [0.3, 0.4) is 0 Å². The average Bonchev–Trinajstić information content (AvgIpc) is 2.66. The van der Waals surface area contributed by atoms with E-state index >= 15 is 0 Å². The van der Waals surface area contributed by atoms with Crippen LogP contribution in [0, 0.1) is 11.6 Å². The maximum Gasteiger partial charge on any atom is 0.200 e. The minimum Gasteiger partial charge on any atom is -0.491 e. The molecule has 1 saturated carbocycles. The van der Waals surface area contributed by atoms with Crippen molar-refractivity contribution in [1.82, 2.24) is 0 Å². The molecule has 3 rings (SSSR count). The van der Waals surface area contributed by atoms with Gasteiger partial charge >= 0.3 is 0 Å². The maximum absolute atomic E-state index is 14.4. The molecule has 3 nitrogen and oxygen atoms in total. The number of rotatable bonds is 5. The fraction of sp³-hybridized carbons (Fsp3) is 0.600. The van der Waals surface area contributed by atoms with Gasteiger partial charge in [-0.2, -0.15) is 4.39 Å². The molecule has 0 unspecified atom stereocenters. The number of hydrogen-bond donors (Lipinski definition) is 0. The van der Waals surface area contributed by atoms with Crippen LogP contribution in [0.2, 0.25) is 0 Å². The van der Waals surface area contributed by atoms with Gasteiger partial charge in [0.15, 0.2) is 17.9 Å². The van der Waals surface area contributed by atoms with Crippen LogP contribution in [-0.4, -0.2) is 26.1 Å². The van der Waals surface area contributed by atoms with Crippen molar-refractivity contribution in [2.24, 2.45) is 0 Å². The smallest absolute Gasteiger partial charge is 0.200 e. The second kappa shape index (κ2) is 8.77. The Labute approximate surface area is 148 Å². The van der Waals surface area contributed by atoms with E-state index in [-0.39, 0.29) is 18.0 Å². The highest BCUT2D eigenvalue weighted by molar-refractivity contribution is 5.33. The summed E-state index contributed by atoms with van der Waals surface area (Å²) in [7, 11) is 0. The molecule has 0 bridgehead atoms. The molecule has 0 aromatic heterocycles. The standard InChI is InChI=1S/C20H26F2O3/c1-2-23-17-10-9-16(19(21)20(17)22)15-7-4-14(5-8-15)6-11-18-24-12-3-13-25-18/h6,9-10,15,18H,2-5,7-8,11-13H2,1H3. The van der Waals surface area contributed by atoms with E-state index in [0.29, 0.717) is 12.2 Å². The predicted octanol–water partition coefficient (Wildman–Crippen LogP) is 5.10. The molecular weight excluding hydrogens is 326 g/mol. The van der Waals surface area contributed by atoms with Crippen molar-refractivity contribution in [3.63, 3.8) is 0 Å². The molecule has 138 valence electrons. The van der Waals surface area contributed by atoms with Crippen molar-refractivity contribution in [1.29, 1.82) is 0 Å². The number of benzene rings is 1. The monoisotopic (exact) mass is 352 g/mol. The van der Waals surface area contributed by atoms with Gasteiger partial charge in [0.05, 0.1) is 19.8 Å². The molecule has 1 aromatic carbocycles. The van der Waals surface area contributed by atoms with Crippen molar-refractivity contribution in [2.45, 2.75) is 57.7 Å². The van der Waals surface area contributed by atoms with Crippen LogP contribution in [0.15, 0.2) is 23.8 Å². The highest BCUT2D eigenvalue weighted by Gasteiger charge is 2.24. The molecule has 2 fully saturated rings. The second-order valence-corrected chi connectivity index (χ2v) is 6.61. The molecule has 5 heteroatoms. The van der Waals surface area contributed by atoms with Crippen LogP contribution in [0.5, 0.6) is 5.75 Å². The van der Waals surface area contributed by atoms with Crippen LogP contribution < -0.4 is 4.74 Å². The Morgan fingerprint density at radius 1 is 1.12 bits per heavy atom. The van der Waals surface area contributed by atoms with Crippen molar-refractivity contribution in [2.75, 3.05) is 19.8 Å². The lowest BCUT2D eigenvalue weighted by Crippen LogP contribution is -2.24. The number of allylic oxidation sites excluding steroid dienone is 1. The highest BCUT2D eigenvalue weighted by Crippen LogP contribution is 2.38. The molecule has 25 heavy (non-hydrogen) atoms. The summed E-state index contributed by atoms with van der Waals surface area (Å²) in [5, 5.41) is 0. The van der Waals surface area contributed by atoms with Gasteiger partial charge < -0.3 is 14.2 Å². The Hall–Kier alpha value is -1.46. The van der Waals surface area contributed by atoms with Crippen LogP contribution >= 0.6 is 0 Å². The summed E-state index contributed by atoms with van der Waals surface area (Å²) in [5.41, 5.74) is 1.83. The minimum absolute atomic E-state index is 0.00683. The van der Waals surface area contributed by atoms with Crippen molar-refractivity contribution < 1.29 is 23.0 Å². The lowest BCUT2D eigenvalue weighted by molar-refractivity contribution is -0.175. The van der Waals surface area contributed by atoms with Crippen LogP contribution in [0.25, 0.3) is 0 Å². The largest absolute Gasteiger partial charge is 0.491 e. The molecule has 0 amide bonds. The summed E-state index contributed by atoms with van der Waals surface area (Å²) in [4.78, 5) is 0. The zero-order chi connectivity index (χ0) is 17.6. The summed E-state index contributed by atoms with van der Waals surface area (Å²) >= 11 is 0. The van der Waals surface area contributed by atoms with E-state index in [1.807, 2.05) is 0 Å². The van der Waals surface area contributed by atoms with Crippen molar-refractivity contribution in [3.05, 3.63) is 41.0 Å². The summed E-state index contributed by atoms with van der Waals surface area (Å²) < 4.78 is 44.6. The molecule has 0 spiro atoms. The van der Waals surface area contributed by atoms with Crippen molar-refractivity contribution >= 4 is 0 Å². The van der Waals surface area contributed by atoms with Crippen molar-refractivity contribution in [3.8, 4) is 5.75 Å². The third kappa shape index (κ3) is 4.59. The molecule has 0 N–H and O–H groups in total. The van der Waals surface area contributed by atoms with Crippen LogP contribution in [0.1, 0.15) is 56.9 Å². The van der Waals surface area contributed by atoms with Gasteiger partial charge in [0, 0.05) is 6.42 Å². The van der Waals surface area contributed by atoms with E-state index in [1.54, 1.807) is 19.1 Å². The third-order valence-electron chi connectivity index (χ3n) is 4.94. The molecule has 1 saturated heterocycles. The summed E-state index contributed by atoms with van der Waals surface area (Å²) in [6.07, 6.45) is 7.28. The summed E-state index contributed by atoms with van der Waals surface area (Å²) in [5.74, 6) is -1.57. The lowest BCUT2D eigenvalue weighted by atomic mass is 9.81. The maximum atomic E-state index is 14.4. The molecular formula is C20H26F2O3. The molecule has 1 heterocycles. The van der Waals surface area contributed by atoms with Gasteiger partial charge in [-0.15, -0.1) is 0 Å². The number of hydrogen-bond acceptors (Lipinski definition) is 3. The molecule has 2 aliphatic rings. The first-order valence-electron chi connectivity index (χ1n) is 9.20. The zero-order valence-corrected chi connectivity index (χ0v) is 14.7. The van der Waals surface area contributed by atoms with Gasteiger partial charge in [-0.3, -0.25) is 0 Å². The van der Waals surface area contributed by atoms with Gasteiger partial charge in [-0.1, -0.05) is 17.7 Å². The first-order chi connectivity index (χ1) is 12.2. The Balaban J connectivity index is 1.57. The normalized spacial score (nSPS) is 22.0. The minimum atomic E-state index is -0.868. The molecule has 1 aliphatic heterocycles. The topological polar surface area (TPSA) is 27.7 Å². The van der Waals surface area contributed by atoms with Gasteiger partial charge in [-0.05, 0) is 56.6 Å². The molecule has 0 atom stereocenters. The van der Waals surface area contributed by atoms with E-state index in [4.69, 9.17) is 14.2 Å². The summed E-state index contributed by atoms with van der Waals surface area (Å²) in [6.45, 7) is 3.60. The fourth-order valence-corrected chi connectivity index (χ4v) is 3.57. The van der Waals surface area contributed by atoms with E-state index in [2.05, 4.69) is 6.08 Å². The second-order valence-electron chi connectivity index (χ2n) is 6.61. The van der Waals surface area contributed by atoms with E-state index in [1.165, 1.54) is 5.57 Å². The van der Waals surface area contributed by atoms with Gasteiger partial charge in [0.25, 0.3) is 0 Å². The van der Waals surface area contributed by atoms with E-state index < -0.39 is 11.6 Å². The first-order valence-corrected chi connectivity index (χ1v) is 9.20. The Bertz CT molecular complexity index is 599. The van der Waals surface area contributed by atoms with Gasteiger partial charge in [0.1, 0.15) is 0 Å². The van der Waals surface area contributed by atoms with Gasteiger partial charge in [0.2, 0.25) is 5.82 Å². The van der Waals surface area contributed by atoms with E-state index in [9.17, 15) is 8.78 Å². The quantitative estimate of drug-likeness (QED) is 0.690. The van der Waals surface area contributed by atoms with E-state index in [0.717, 1.165) is 51.7 Å². The Kier molecular flexibility index (Phi) is 6.43. The molecule has 1 aliphatic carbocycles. The SMILES string of the molecule is CCOc1ccc(C2CCC(=CCC3OCCCO3)CC2)c(F)c1F.